The van der Waals surface area contributed by atoms with Crippen molar-refractivity contribution in [2.24, 2.45) is 0 Å². The monoisotopic (exact) mass is 299 g/mol. The Morgan fingerprint density at radius 2 is 2.05 bits per heavy atom. The molecule has 112 valence electrons. The van der Waals surface area contributed by atoms with Gasteiger partial charge in [0, 0.05) is 9.75 Å². The lowest BCUT2D eigenvalue weighted by molar-refractivity contribution is 0.691. The van der Waals surface area contributed by atoms with Gasteiger partial charge in [-0.1, -0.05) is 37.6 Å². The van der Waals surface area contributed by atoms with Gasteiger partial charge in [0.1, 0.15) is 0 Å². The third-order valence-corrected chi connectivity index (χ3v) is 5.71. The van der Waals surface area contributed by atoms with Gasteiger partial charge in [0.2, 0.25) is 0 Å². The third-order valence-electron chi connectivity index (χ3n) is 4.41. The van der Waals surface area contributed by atoms with Crippen molar-refractivity contribution >= 4 is 11.3 Å². The topological polar surface area (TPSA) is 12.0 Å². The second kappa shape index (κ2) is 6.76. The molecule has 0 fully saturated rings. The first-order valence-corrected chi connectivity index (χ1v) is 9.01. The van der Waals surface area contributed by atoms with Gasteiger partial charge in [0.25, 0.3) is 0 Å². The van der Waals surface area contributed by atoms with Crippen LogP contribution in [0.5, 0.6) is 0 Å². The van der Waals surface area contributed by atoms with Gasteiger partial charge < -0.3 is 5.32 Å². The van der Waals surface area contributed by atoms with E-state index in [9.17, 15) is 0 Å². The summed E-state index contributed by atoms with van der Waals surface area (Å²) < 4.78 is 0. The molecule has 0 aliphatic heterocycles. The van der Waals surface area contributed by atoms with Crippen molar-refractivity contribution in [3.63, 3.8) is 0 Å². The summed E-state index contributed by atoms with van der Waals surface area (Å²) in [6.07, 6.45) is 7.67. The number of nitrogens with one attached hydrogen (secondary N) is 1. The molecule has 1 atom stereocenters. The van der Waals surface area contributed by atoms with Gasteiger partial charge >= 0.3 is 0 Å². The maximum Gasteiger partial charge on any atom is 0.0668 e. The summed E-state index contributed by atoms with van der Waals surface area (Å²) in [4.78, 5) is 3.11. The lowest BCUT2D eigenvalue weighted by Crippen LogP contribution is -2.16. The van der Waals surface area contributed by atoms with Crippen molar-refractivity contribution < 1.29 is 0 Å². The summed E-state index contributed by atoms with van der Waals surface area (Å²) in [6, 6.07) is 11.9. The average Bonchev–Trinajstić information content (AvgIpc) is 2.92. The lowest BCUT2D eigenvalue weighted by Gasteiger charge is -2.16. The predicted octanol–water partition coefficient (Wildman–Crippen LogP) is 4.89. The average molecular weight is 299 g/mol. The minimum atomic E-state index is 0.345. The Bertz CT molecular complexity index is 576. The standard InChI is InChI=1S/C19H25NS/c1-3-7-14-8-6-10-16(12-14)19(20-2)18-13-15-9-4-5-11-17(15)21-18/h6,8,10,12-13,19-20H,3-5,7,9,11H2,1-2H3. The van der Waals surface area contributed by atoms with Crippen molar-refractivity contribution in [1.29, 1.82) is 0 Å². The molecular weight excluding hydrogens is 274 g/mol. The highest BCUT2D eigenvalue weighted by molar-refractivity contribution is 7.12. The molecule has 1 aromatic carbocycles. The maximum absolute atomic E-state index is 3.52. The second-order valence-corrected chi connectivity index (χ2v) is 7.19. The Labute approximate surface area is 132 Å². The molecule has 0 saturated heterocycles. The van der Waals surface area contributed by atoms with Gasteiger partial charge in [0.05, 0.1) is 6.04 Å². The quantitative estimate of drug-likeness (QED) is 0.829. The molecular formula is C19H25NS. The largest absolute Gasteiger partial charge is 0.309 e. The van der Waals surface area contributed by atoms with Crippen LogP contribution in [0.25, 0.3) is 0 Å². The van der Waals surface area contributed by atoms with E-state index in [2.05, 4.69) is 49.6 Å². The number of hydrogen-bond donors (Lipinski definition) is 1. The van der Waals surface area contributed by atoms with Crippen LogP contribution >= 0.6 is 11.3 Å². The van der Waals surface area contributed by atoms with Crippen LogP contribution in [0.15, 0.2) is 30.3 Å². The smallest absolute Gasteiger partial charge is 0.0668 e. The molecule has 1 nitrogen and oxygen atoms in total. The van der Waals surface area contributed by atoms with Gasteiger partial charge in [-0.25, -0.2) is 0 Å². The Morgan fingerprint density at radius 3 is 2.81 bits per heavy atom. The highest BCUT2D eigenvalue weighted by Gasteiger charge is 2.19. The Morgan fingerprint density at radius 1 is 1.19 bits per heavy atom. The van der Waals surface area contributed by atoms with Crippen LogP contribution in [0, 0.1) is 0 Å². The highest BCUT2D eigenvalue weighted by atomic mass is 32.1. The molecule has 0 spiro atoms. The summed E-state index contributed by atoms with van der Waals surface area (Å²) in [7, 11) is 2.08. The van der Waals surface area contributed by atoms with E-state index in [-0.39, 0.29) is 0 Å². The van der Waals surface area contributed by atoms with Crippen LogP contribution in [0.1, 0.15) is 58.7 Å². The van der Waals surface area contributed by atoms with Gasteiger partial charge in [-0.15, -0.1) is 11.3 Å². The molecule has 0 saturated carbocycles. The predicted molar refractivity (Wildman–Crippen MR) is 92.3 cm³/mol. The summed E-state index contributed by atoms with van der Waals surface area (Å²) in [5.41, 5.74) is 4.46. The number of aryl methyl sites for hydroxylation is 3. The molecule has 2 aromatic rings. The van der Waals surface area contributed by atoms with E-state index >= 15 is 0 Å². The fourth-order valence-corrected chi connectivity index (χ4v) is 4.74. The number of fused-ring (bicyclic) bond motifs is 1. The molecule has 1 unspecified atom stereocenters. The van der Waals surface area contributed by atoms with E-state index in [0.29, 0.717) is 6.04 Å². The number of rotatable bonds is 5. The summed E-state index contributed by atoms with van der Waals surface area (Å²) in [6.45, 7) is 2.25. The van der Waals surface area contributed by atoms with Crippen LogP contribution in [0.2, 0.25) is 0 Å². The molecule has 1 N–H and O–H groups in total. The molecule has 1 aliphatic rings. The van der Waals surface area contributed by atoms with Gasteiger partial charge in [-0.05, 0) is 61.9 Å². The lowest BCUT2D eigenvalue weighted by atomic mass is 9.97. The molecule has 1 heterocycles. The van der Waals surface area contributed by atoms with Crippen LogP contribution in [-0.2, 0) is 19.3 Å². The molecule has 0 radical (unpaired) electrons. The highest BCUT2D eigenvalue weighted by Crippen LogP contribution is 2.35. The van der Waals surface area contributed by atoms with Gasteiger partial charge in [-0.3, -0.25) is 0 Å². The fraction of sp³-hybridized carbons (Fsp3) is 0.474. The van der Waals surface area contributed by atoms with E-state index in [1.807, 2.05) is 11.3 Å². The SMILES string of the molecule is CCCc1cccc(C(NC)c2cc3c(s2)CCCC3)c1. The van der Waals surface area contributed by atoms with Crippen molar-refractivity contribution in [3.05, 3.63) is 56.8 Å². The van der Waals surface area contributed by atoms with E-state index in [1.54, 1.807) is 10.4 Å². The van der Waals surface area contributed by atoms with Crippen molar-refractivity contribution in [1.82, 2.24) is 5.32 Å². The third kappa shape index (κ3) is 3.22. The number of thiophene rings is 1. The van der Waals surface area contributed by atoms with E-state index < -0.39 is 0 Å². The molecule has 21 heavy (non-hydrogen) atoms. The zero-order chi connectivity index (χ0) is 14.7. The second-order valence-electron chi connectivity index (χ2n) is 6.02. The van der Waals surface area contributed by atoms with Crippen molar-refractivity contribution in [2.75, 3.05) is 7.05 Å². The first kappa shape index (κ1) is 14.8. The van der Waals surface area contributed by atoms with Crippen molar-refractivity contribution in [2.45, 2.75) is 51.5 Å². The molecule has 1 aliphatic carbocycles. The summed E-state index contributed by atoms with van der Waals surface area (Å²) >= 11 is 2.02. The Balaban J connectivity index is 1.90. The van der Waals surface area contributed by atoms with Crippen LogP contribution in [0.4, 0.5) is 0 Å². The van der Waals surface area contributed by atoms with Crippen LogP contribution in [-0.4, -0.2) is 7.05 Å². The normalized spacial score (nSPS) is 15.7. The van der Waals surface area contributed by atoms with Gasteiger partial charge in [0.15, 0.2) is 0 Å². The van der Waals surface area contributed by atoms with E-state index in [1.165, 1.54) is 54.5 Å². The summed E-state index contributed by atoms with van der Waals surface area (Å²) in [5.74, 6) is 0. The Hall–Kier alpha value is -1.12. The van der Waals surface area contributed by atoms with Crippen LogP contribution in [0.3, 0.4) is 0 Å². The van der Waals surface area contributed by atoms with Gasteiger partial charge in [-0.2, -0.15) is 0 Å². The molecule has 2 heteroatoms. The zero-order valence-corrected chi connectivity index (χ0v) is 13.9. The Kier molecular flexibility index (Phi) is 4.77. The number of benzene rings is 1. The first-order valence-electron chi connectivity index (χ1n) is 8.19. The van der Waals surface area contributed by atoms with Crippen LogP contribution < -0.4 is 5.32 Å². The maximum atomic E-state index is 3.52. The van der Waals surface area contributed by atoms with Crippen molar-refractivity contribution in [3.8, 4) is 0 Å². The zero-order valence-electron chi connectivity index (χ0n) is 13.1. The first-order chi connectivity index (χ1) is 10.3. The van der Waals surface area contributed by atoms with E-state index in [0.717, 1.165) is 0 Å². The van der Waals surface area contributed by atoms with E-state index in [4.69, 9.17) is 0 Å². The molecule has 0 amide bonds. The minimum absolute atomic E-state index is 0.345. The summed E-state index contributed by atoms with van der Waals surface area (Å²) in [5, 5.41) is 3.52. The number of hydrogen-bond acceptors (Lipinski definition) is 2. The molecule has 3 rings (SSSR count). The molecule has 1 aromatic heterocycles. The molecule has 0 bridgehead atoms. The minimum Gasteiger partial charge on any atom is -0.309 e. The fourth-order valence-electron chi connectivity index (χ4n) is 3.35.